The van der Waals surface area contributed by atoms with Gasteiger partial charge in [0.2, 0.25) is 0 Å². The van der Waals surface area contributed by atoms with Crippen molar-refractivity contribution < 1.29 is 13.2 Å². The predicted molar refractivity (Wildman–Crippen MR) is 43.4 cm³/mol. The lowest BCUT2D eigenvalue weighted by molar-refractivity contribution is -0.134. The monoisotopic (exact) mass is 208 g/mol. The van der Waals surface area contributed by atoms with Gasteiger partial charge in [0.15, 0.2) is 5.82 Å². The van der Waals surface area contributed by atoms with Crippen LogP contribution >= 0.6 is 0 Å². The molecule has 0 aliphatic carbocycles. The SMILES string of the molecule is CC(N)c1n[nH]c(CCC(F)(F)F)n1. The fourth-order valence-electron chi connectivity index (χ4n) is 0.886. The minimum absolute atomic E-state index is 0.191. The highest BCUT2D eigenvalue weighted by Gasteiger charge is 2.27. The molecule has 0 saturated heterocycles. The minimum Gasteiger partial charge on any atom is -0.321 e. The molecule has 0 aliphatic heterocycles. The maximum absolute atomic E-state index is 11.8. The number of rotatable bonds is 3. The molecule has 0 aliphatic rings. The number of nitrogens with zero attached hydrogens (tertiary/aromatic N) is 2. The third-order valence-corrected chi connectivity index (χ3v) is 1.60. The molecule has 3 N–H and O–H groups in total. The number of nitrogens with two attached hydrogens (primary N) is 1. The van der Waals surface area contributed by atoms with Crippen LogP contribution in [0.5, 0.6) is 0 Å². The molecule has 7 heteroatoms. The first-order valence-corrected chi connectivity index (χ1v) is 4.12. The Labute approximate surface area is 78.7 Å². The van der Waals surface area contributed by atoms with Gasteiger partial charge in [-0.25, -0.2) is 4.98 Å². The lowest BCUT2D eigenvalue weighted by Gasteiger charge is -2.02. The van der Waals surface area contributed by atoms with Crippen molar-refractivity contribution in [3.05, 3.63) is 11.6 Å². The first kappa shape index (κ1) is 11.0. The van der Waals surface area contributed by atoms with E-state index in [2.05, 4.69) is 15.2 Å². The first-order chi connectivity index (χ1) is 6.38. The van der Waals surface area contributed by atoms with Crippen molar-refractivity contribution in [3.8, 4) is 0 Å². The van der Waals surface area contributed by atoms with Crippen LogP contribution in [0.25, 0.3) is 0 Å². The van der Waals surface area contributed by atoms with E-state index >= 15 is 0 Å². The molecule has 1 heterocycles. The lowest BCUT2D eigenvalue weighted by Crippen LogP contribution is -2.09. The van der Waals surface area contributed by atoms with E-state index in [-0.39, 0.29) is 18.3 Å². The smallest absolute Gasteiger partial charge is 0.321 e. The van der Waals surface area contributed by atoms with Crippen molar-refractivity contribution in [1.29, 1.82) is 0 Å². The molecule has 1 aromatic rings. The Morgan fingerprint density at radius 1 is 1.50 bits per heavy atom. The molecule has 0 spiro atoms. The highest BCUT2D eigenvalue weighted by molar-refractivity contribution is 4.94. The molecule has 0 bridgehead atoms. The maximum atomic E-state index is 11.8. The van der Waals surface area contributed by atoms with Crippen molar-refractivity contribution in [1.82, 2.24) is 15.2 Å². The Morgan fingerprint density at radius 2 is 2.14 bits per heavy atom. The molecule has 14 heavy (non-hydrogen) atoms. The van der Waals surface area contributed by atoms with Crippen LogP contribution in [0.1, 0.15) is 31.0 Å². The number of aryl methyl sites for hydroxylation is 1. The van der Waals surface area contributed by atoms with Crippen LogP contribution in [-0.4, -0.2) is 21.4 Å². The third kappa shape index (κ3) is 3.33. The van der Waals surface area contributed by atoms with E-state index in [1.54, 1.807) is 6.92 Å². The van der Waals surface area contributed by atoms with Crippen LogP contribution in [0, 0.1) is 0 Å². The summed E-state index contributed by atoms with van der Waals surface area (Å²) in [6.45, 7) is 1.66. The van der Waals surface area contributed by atoms with Crippen molar-refractivity contribution in [3.63, 3.8) is 0 Å². The van der Waals surface area contributed by atoms with E-state index in [0.29, 0.717) is 5.82 Å². The Hall–Kier alpha value is -1.11. The molecule has 1 unspecified atom stereocenters. The van der Waals surface area contributed by atoms with Gasteiger partial charge < -0.3 is 5.73 Å². The van der Waals surface area contributed by atoms with Gasteiger partial charge in [-0.15, -0.1) is 0 Å². The van der Waals surface area contributed by atoms with Gasteiger partial charge >= 0.3 is 6.18 Å². The molecule has 1 aromatic heterocycles. The van der Waals surface area contributed by atoms with Gasteiger partial charge in [-0.2, -0.15) is 18.3 Å². The molecular formula is C7H11F3N4. The summed E-state index contributed by atoms with van der Waals surface area (Å²) in [6.07, 6.45) is -5.26. The molecule has 0 amide bonds. The van der Waals surface area contributed by atoms with Crippen LogP contribution in [0.3, 0.4) is 0 Å². The predicted octanol–water partition coefficient (Wildman–Crippen LogP) is 1.32. The first-order valence-electron chi connectivity index (χ1n) is 4.12. The zero-order chi connectivity index (χ0) is 10.8. The molecule has 0 saturated carbocycles. The van der Waals surface area contributed by atoms with E-state index in [9.17, 15) is 13.2 Å². The zero-order valence-electron chi connectivity index (χ0n) is 7.60. The number of aromatic amines is 1. The summed E-state index contributed by atoms with van der Waals surface area (Å²) in [5, 5.41) is 6.11. The summed E-state index contributed by atoms with van der Waals surface area (Å²) in [5.74, 6) is 0.553. The lowest BCUT2D eigenvalue weighted by atomic mass is 10.3. The van der Waals surface area contributed by atoms with Crippen LogP contribution in [0.2, 0.25) is 0 Å². The summed E-state index contributed by atoms with van der Waals surface area (Å²) in [5.41, 5.74) is 5.44. The quantitative estimate of drug-likeness (QED) is 0.787. The average molecular weight is 208 g/mol. The van der Waals surface area contributed by atoms with Crippen LogP contribution in [0.4, 0.5) is 13.2 Å². The number of aromatic nitrogens is 3. The Balaban J connectivity index is 2.52. The number of halogens is 3. The highest BCUT2D eigenvalue weighted by atomic mass is 19.4. The van der Waals surface area contributed by atoms with E-state index in [1.165, 1.54) is 0 Å². The van der Waals surface area contributed by atoms with Crippen molar-refractivity contribution in [2.75, 3.05) is 0 Å². The van der Waals surface area contributed by atoms with Gasteiger partial charge in [0.05, 0.1) is 12.5 Å². The maximum Gasteiger partial charge on any atom is 0.389 e. The summed E-state index contributed by atoms with van der Waals surface area (Å²) in [6, 6.07) is -0.370. The number of hydrogen-bond donors (Lipinski definition) is 2. The zero-order valence-corrected chi connectivity index (χ0v) is 7.60. The molecule has 1 atom stereocenters. The largest absolute Gasteiger partial charge is 0.389 e. The molecule has 0 fully saturated rings. The summed E-state index contributed by atoms with van der Waals surface area (Å²) in [7, 11) is 0. The molecular weight excluding hydrogens is 197 g/mol. The van der Waals surface area contributed by atoms with Gasteiger partial charge in [0.1, 0.15) is 5.82 Å². The fraction of sp³-hybridized carbons (Fsp3) is 0.714. The molecule has 0 aromatic carbocycles. The topological polar surface area (TPSA) is 67.6 Å². The molecule has 80 valence electrons. The Bertz CT molecular complexity index is 291. The number of alkyl halides is 3. The van der Waals surface area contributed by atoms with E-state index < -0.39 is 12.6 Å². The second kappa shape index (κ2) is 3.95. The van der Waals surface area contributed by atoms with Crippen LogP contribution in [-0.2, 0) is 6.42 Å². The third-order valence-electron chi connectivity index (χ3n) is 1.60. The van der Waals surface area contributed by atoms with E-state index in [4.69, 9.17) is 5.73 Å². The van der Waals surface area contributed by atoms with E-state index in [1.807, 2.05) is 0 Å². The molecule has 0 radical (unpaired) electrons. The number of H-pyrrole nitrogens is 1. The summed E-state index contributed by atoms with van der Waals surface area (Å²) < 4.78 is 35.5. The van der Waals surface area contributed by atoms with Gasteiger partial charge in [-0.05, 0) is 6.92 Å². The normalized spacial score (nSPS) is 14.4. The molecule has 4 nitrogen and oxygen atoms in total. The van der Waals surface area contributed by atoms with Crippen LogP contribution in [0.15, 0.2) is 0 Å². The average Bonchev–Trinajstić information content (AvgIpc) is 2.47. The minimum atomic E-state index is -4.17. The Kier molecular flexibility index (Phi) is 3.10. The standard InChI is InChI=1S/C7H11F3N4/c1-4(11)6-12-5(13-14-6)2-3-7(8,9)10/h4H,2-3,11H2,1H3,(H,12,13,14). The number of nitrogens with one attached hydrogen (secondary N) is 1. The second-order valence-corrected chi connectivity index (χ2v) is 3.04. The Morgan fingerprint density at radius 3 is 2.57 bits per heavy atom. The molecule has 1 rings (SSSR count). The fourth-order valence-corrected chi connectivity index (χ4v) is 0.886. The second-order valence-electron chi connectivity index (χ2n) is 3.04. The summed E-state index contributed by atoms with van der Waals surface area (Å²) in [4.78, 5) is 3.82. The highest BCUT2D eigenvalue weighted by Crippen LogP contribution is 2.21. The van der Waals surface area contributed by atoms with Gasteiger partial charge in [0.25, 0.3) is 0 Å². The van der Waals surface area contributed by atoms with Gasteiger partial charge in [0, 0.05) is 6.42 Å². The number of hydrogen-bond acceptors (Lipinski definition) is 3. The van der Waals surface area contributed by atoms with Crippen molar-refractivity contribution in [2.45, 2.75) is 32.0 Å². The van der Waals surface area contributed by atoms with Crippen LogP contribution < -0.4 is 5.73 Å². The summed E-state index contributed by atoms with van der Waals surface area (Å²) >= 11 is 0. The van der Waals surface area contributed by atoms with Crippen molar-refractivity contribution >= 4 is 0 Å². The van der Waals surface area contributed by atoms with Crippen molar-refractivity contribution in [2.24, 2.45) is 5.73 Å². The van der Waals surface area contributed by atoms with Gasteiger partial charge in [-0.1, -0.05) is 0 Å². The van der Waals surface area contributed by atoms with Gasteiger partial charge in [-0.3, -0.25) is 5.10 Å². The van der Waals surface area contributed by atoms with E-state index in [0.717, 1.165) is 0 Å².